The lowest BCUT2D eigenvalue weighted by Gasteiger charge is -2.13. The highest BCUT2D eigenvalue weighted by Crippen LogP contribution is 2.07. The molecule has 1 aliphatic heterocycles. The Morgan fingerprint density at radius 1 is 1.21 bits per heavy atom. The van der Waals surface area contributed by atoms with E-state index in [-0.39, 0.29) is 36.0 Å². The minimum atomic E-state index is -0.137. The van der Waals surface area contributed by atoms with Gasteiger partial charge < -0.3 is 24.8 Å². The zero-order valence-corrected chi connectivity index (χ0v) is 17.2. The summed E-state index contributed by atoms with van der Waals surface area (Å²) >= 11 is 0. The second-order valence-electron chi connectivity index (χ2n) is 5.52. The molecule has 0 spiro atoms. The Labute approximate surface area is 162 Å². The van der Waals surface area contributed by atoms with Crippen LogP contribution in [0.2, 0.25) is 0 Å². The average molecular weight is 457 g/mol. The fourth-order valence-electron chi connectivity index (χ4n) is 2.27. The SMILES string of the molecule is CN=C(NCCCCCC(=O)OC)NCCCOC1CCOC1.I. The Morgan fingerprint density at radius 3 is 2.58 bits per heavy atom. The van der Waals surface area contributed by atoms with Crippen molar-refractivity contribution >= 4 is 35.9 Å². The number of rotatable bonds is 11. The van der Waals surface area contributed by atoms with Gasteiger partial charge in [-0.15, -0.1) is 24.0 Å². The fraction of sp³-hybridized carbons (Fsp3) is 0.875. The van der Waals surface area contributed by atoms with Crippen molar-refractivity contribution in [3.63, 3.8) is 0 Å². The highest BCUT2D eigenvalue weighted by molar-refractivity contribution is 14.0. The molecule has 0 aromatic heterocycles. The monoisotopic (exact) mass is 457 g/mol. The average Bonchev–Trinajstić information content (AvgIpc) is 3.08. The zero-order valence-electron chi connectivity index (χ0n) is 14.8. The minimum Gasteiger partial charge on any atom is -0.469 e. The normalized spacial score (nSPS) is 17.2. The van der Waals surface area contributed by atoms with E-state index in [4.69, 9.17) is 9.47 Å². The zero-order chi connectivity index (χ0) is 16.8. The van der Waals surface area contributed by atoms with Crippen molar-refractivity contribution in [3.05, 3.63) is 0 Å². The molecule has 0 aromatic carbocycles. The van der Waals surface area contributed by atoms with Crippen molar-refractivity contribution in [2.24, 2.45) is 4.99 Å². The van der Waals surface area contributed by atoms with E-state index in [9.17, 15) is 4.79 Å². The first kappa shape index (κ1) is 23.4. The summed E-state index contributed by atoms with van der Waals surface area (Å²) in [7, 11) is 3.19. The highest BCUT2D eigenvalue weighted by atomic mass is 127. The number of guanidine groups is 1. The van der Waals surface area contributed by atoms with Crippen molar-refractivity contribution in [1.82, 2.24) is 10.6 Å². The van der Waals surface area contributed by atoms with E-state index in [1.807, 2.05) is 0 Å². The molecular weight excluding hydrogens is 425 g/mol. The van der Waals surface area contributed by atoms with E-state index in [0.29, 0.717) is 6.42 Å². The molecule has 1 atom stereocenters. The molecule has 0 radical (unpaired) electrons. The third-order valence-corrected chi connectivity index (χ3v) is 3.66. The van der Waals surface area contributed by atoms with Crippen molar-refractivity contribution in [2.75, 3.05) is 47.1 Å². The molecule has 0 aliphatic carbocycles. The first-order valence-electron chi connectivity index (χ1n) is 8.47. The van der Waals surface area contributed by atoms with Crippen LogP contribution < -0.4 is 10.6 Å². The van der Waals surface area contributed by atoms with Gasteiger partial charge in [0.15, 0.2) is 5.96 Å². The molecule has 7 nitrogen and oxygen atoms in total. The standard InChI is InChI=1S/C16H31N3O4.HI/c1-17-16(18-9-5-3-4-7-15(20)21-2)19-10-6-11-23-14-8-12-22-13-14;/h14H,3-13H2,1-2H3,(H2,17,18,19);1H. The van der Waals surface area contributed by atoms with Gasteiger partial charge in [-0.2, -0.15) is 0 Å². The van der Waals surface area contributed by atoms with E-state index >= 15 is 0 Å². The summed E-state index contributed by atoms with van der Waals surface area (Å²) in [5.74, 6) is 0.670. The number of ether oxygens (including phenoxy) is 3. The van der Waals surface area contributed by atoms with Gasteiger partial charge in [0.1, 0.15) is 0 Å². The van der Waals surface area contributed by atoms with Crippen LogP contribution in [0.3, 0.4) is 0 Å². The number of halogens is 1. The number of hydrogen-bond donors (Lipinski definition) is 2. The Bertz CT molecular complexity index is 350. The Kier molecular flexibility index (Phi) is 15.5. The van der Waals surface area contributed by atoms with Gasteiger partial charge in [-0.1, -0.05) is 6.42 Å². The van der Waals surface area contributed by atoms with Crippen molar-refractivity contribution in [2.45, 2.75) is 44.6 Å². The molecule has 2 N–H and O–H groups in total. The number of carbonyl (C=O) groups excluding carboxylic acids is 1. The van der Waals surface area contributed by atoms with Crippen molar-refractivity contribution in [1.29, 1.82) is 0 Å². The summed E-state index contributed by atoms with van der Waals surface area (Å²) in [6.45, 7) is 3.96. The second kappa shape index (κ2) is 15.9. The largest absolute Gasteiger partial charge is 0.469 e. The predicted octanol–water partition coefficient (Wildman–Crippen LogP) is 1.70. The molecule has 1 unspecified atom stereocenters. The molecule has 24 heavy (non-hydrogen) atoms. The van der Waals surface area contributed by atoms with Crippen LogP contribution >= 0.6 is 24.0 Å². The molecule has 1 saturated heterocycles. The van der Waals surface area contributed by atoms with Crippen LogP contribution in [-0.2, 0) is 19.0 Å². The van der Waals surface area contributed by atoms with Gasteiger partial charge in [-0.25, -0.2) is 0 Å². The van der Waals surface area contributed by atoms with Crippen LogP contribution in [0.1, 0.15) is 38.5 Å². The lowest BCUT2D eigenvalue weighted by molar-refractivity contribution is -0.140. The van der Waals surface area contributed by atoms with Crippen LogP contribution in [0, 0.1) is 0 Å². The third kappa shape index (κ3) is 11.9. The third-order valence-electron chi connectivity index (χ3n) is 3.66. The first-order chi connectivity index (χ1) is 11.3. The first-order valence-corrected chi connectivity index (χ1v) is 8.47. The van der Waals surface area contributed by atoms with Crippen molar-refractivity contribution < 1.29 is 19.0 Å². The summed E-state index contributed by atoms with van der Waals surface area (Å²) < 4.78 is 15.6. The van der Waals surface area contributed by atoms with E-state index in [2.05, 4.69) is 20.4 Å². The van der Waals surface area contributed by atoms with E-state index in [0.717, 1.165) is 71.0 Å². The van der Waals surface area contributed by atoms with Gasteiger partial charge in [-0.3, -0.25) is 9.79 Å². The highest BCUT2D eigenvalue weighted by Gasteiger charge is 2.15. The molecular formula is C16H32IN3O4. The molecule has 0 bridgehead atoms. The number of carbonyl (C=O) groups is 1. The lowest BCUT2D eigenvalue weighted by atomic mass is 10.2. The number of esters is 1. The molecule has 142 valence electrons. The lowest BCUT2D eigenvalue weighted by Crippen LogP contribution is -2.38. The van der Waals surface area contributed by atoms with Crippen LogP contribution in [-0.4, -0.2) is 65.1 Å². The number of aliphatic imine (C=N–C) groups is 1. The smallest absolute Gasteiger partial charge is 0.305 e. The summed E-state index contributed by atoms with van der Waals surface area (Å²) in [5.41, 5.74) is 0. The molecule has 1 rings (SSSR count). The Balaban J connectivity index is 0.00000529. The van der Waals surface area contributed by atoms with Crippen LogP contribution in [0.25, 0.3) is 0 Å². The molecule has 1 fully saturated rings. The predicted molar refractivity (Wildman–Crippen MR) is 105 cm³/mol. The van der Waals surface area contributed by atoms with E-state index < -0.39 is 0 Å². The van der Waals surface area contributed by atoms with Crippen molar-refractivity contribution in [3.8, 4) is 0 Å². The molecule has 0 amide bonds. The maximum Gasteiger partial charge on any atom is 0.305 e. The van der Waals surface area contributed by atoms with Gasteiger partial charge in [-0.05, 0) is 25.7 Å². The number of hydrogen-bond acceptors (Lipinski definition) is 5. The summed E-state index contributed by atoms with van der Waals surface area (Å²) in [4.78, 5) is 15.2. The van der Waals surface area contributed by atoms with Gasteiger partial charge in [0.25, 0.3) is 0 Å². The number of nitrogens with zero attached hydrogens (tertiary/aromatic N) is 1. The second-order valence-corrected chi connectivity index (χ2v) is 5.52. The Hall–Kier alpha value is -0.610. The number of unbranched alkanes of at least 4 members (excludes halogenated alkanes) is 2. The number of nitrogens with one attached hydrogen (secondary N) is 2. The topological polar surface area (TPSA) is 81.2 Å². The van der Waals surface area contributed by atoms with E-state index in [1.54, 1.807) is 7.05 Å². The maximum absolute atomic E-state index is 11.0. The summed E-state index contributed by atoms with van der Waals surface area (Å²) in [6.07, 6.45) is 5.58. The van der Waals surface area contributed by atoms with Gasteiger partial charge in [0.05, 0.1) is 19.8 Å². The summed E-state index contributed by atoms with van der Waals surface area (Å²) in [5, 5.41) is 6.53. The molecule has 8 heteroatoms. The Morgan fingerprint density at radius 2 is 1.96 bits per heavy atom. The van der Waals surface area contributed by atoms with Gasteiger partial charge in [0.2, 0.25) is 0 Å². The minimum absolute atomic E-state index is 0. The summed E-state index contributed by atoms with van der Waals surface area (Å²) in [6, 6.07) is 0. The van der Waals surface area contributed by atoms with E-state index in [1.165, 1.54) is 7.11 Å². The number of methoxy groups -OCH3 is 1. The quantitative estimate of drug-likeness (QED) is 0.162. The fourth-order valence-corrected chi connectivity index (χ4v) is 2.27. The van der Waals surface area contributed by atoms with Gasteiger partial charge in [0, 0.05) is 39.8 Å². The molecule has 1 aliphatic rings. The van der Waals surface area contributed by atoms with Crippen LogP contribution in [0.5, 0.6) is 0 Å². The van der Waals surface area contributed by atoms with Crippen LogP contribution in [0.15, 0.2) is 4.99 Å². The maximum atomic E-state index is 11.0. The molecule has 0 saturated carbocycles. The molecule has 0 aromatic rings. The van der Waals surface area contributed by atoms with Crippen LogP contribution in [0.4, 0.5) is 0 Å². The van der Waals surface area contributed by atoms with Gasteiger partial charge >= 0.3 is 5.97 Å². The molecule has 1 heterocycles.